The van der Waals surface area contributed by atoms with Crippen LogP contribution in [0.1, 0.15) is 20.8 Å². The van der Waals surface area contributed by atoms with Crippen LogP contribution in [0.4, 0.5) is 10.8 Å². The van der Waals surface area contributed by atoms with E-state index in [2.05, 4.69) is 15.6 Å². The molecule has 0 saturated carbocycles. The number of aromatic nitrogens is 1. The number of hydrogen-bond donors (Lipinski definition) is 2. The van der Waals surface area contributed by atoms with Crippen LogP contribution in [-0.2, 0) is 4.74 Å². The second-order valence-electron chi connectivity index (χ2n) is 4.39. The number of methoxy groups -OCH3 is 1. The molecule has 0 aliphatic rings. The lowest BCUT2D eigenvalue weighted by Crippen LogP contribution is -2.20. The predicted octanol–water partition coefficient (Wildman–Crippen LogP) is 3.36. The largest absolute Gasteiger partial charge is 0.465 e. The Labute approximate surface area is 132 Å². The van der Waals surface area contributed by atoms with Crippen molar-refractivity contribution in [2.24, 2.45) is 0 Å². The van der Waals surface area contributed by atoms with Crippen LogP contribution in [0, 0.1) is 13.8 Å². The normalized spacial score (nSPS) is 10.0. The maximum Gasteiger partial charge on any atom is 0.340 e. The van der Waals surface area contributed by atoms with Crippen molar-refractivity contribution in [1.82, 2.24) is 4.98 Å². The third-order valence-electron chi connectivity index (χ3n) is 2.64. The number of nitrogens with zero attached hydrogens (tertiary/aromatic N) is 1. The molecule has 2 N–H and O–H groups in total. The fraction of sp³-hybridized carbons (Fsp3) is 0.214. The third-order valence-corrected chi connectivity index (χ3v) is 3.81. The van der Waals surface area contributed by atoms with Crippen molar-refractivity contribution in [2.75, 3.05) is 17.7 Å². The maximum atomic E-state index is 11.7. The van der Waals surface area contributed by atoms with Crippen LogP contribution in [0.3, 0.4) is 0 Å². The van der Waals surface area contributed by atoms with Gasteiger partial charge in [-0.2, -0.15) is 0 Å². The number of carbonyl (C=O) groups excluding carboxylic acids is 1. The smallest absolute Gasteiger partial charge is 0.340 e. The van der Waals surface area contributed by atoms with E-state index in [-0.39, 0.29) is 0 Å². The Morgan fingerprint density at radius 2 is 2.10 bits per heavy atom. The van der Waals surface area contributed by atoms with Crippen molar-refractivity contribution in [2.45, 2.75) is 13.8 Å². The summed E-state index contributed by atoms with van der Waals surface area (Å²) in [5, 5.41) is 7.03. The summed E-state index contributed by atoms with van der Waals surface area (Å²) in [5.41, 5.74) is 1.55. The first kappa shape index (κ1) is 15.4. The van der Waals surface area contributed by atoms with Crippen LogP contribution in [0.15, 0.2) is 24.4 Å². The summed E-state index contributed by atoms with van der Waals surface area (Å²) in [6, 6.07) is 5.56. The molecule has 7 heteroatoms. The van der Waals surface area contributed by atoms with Gasteiger partial charge in [-0.15, -0.1) is 11.3 Å². The lowest BCUT2D eigenvalue weighted by molar-refractivity contribution is 0.0602. The zero-order chi connectivity index (χ0) is 15.4. The number of pyridine rings is 1. The zero-order valence-corrected chi connectivity index (χ0v) is 13.5. The van der Waals surface area contributed by atoms with Crippen molar-refractivity contribution in [1.29, 1.82) is 0 Å². The number of thiocarbonyl (C=S) groups is 1. The molecule has 0 atom stereocenters. The molecule has 0 radical (unpaired) electrons. The van der Waals surface area contributed by atoms with E-state index in [0.29, 0.717) is 21.5 Å². The van der Waals surface area contributed by atoms with Gasteiger partial charge in [0.2, 0.25) is 0 Å². The molecular weight excluding hydrogens is 306 g/mol. The lowest BCUT2D eigenvalue weighted by Gasteiger charge is -2.10. The Bertz CT molecular complexity index is 683. The van der Waals surface area contributed by atoms with E-state index in [4.69, 9.17) is 17.0 Å². The minimum atomic E-state index is -0.390. The number of hydrogen-bond acceptors (Lipinski definition) is 5. The quantitative estimate of drug-likeness (QED) is 0.668. The first-order valence-electron chi connectivity index (χ1n) is 6.19. The molecule has 110 valence electrons. The molecule has 0 fully saturated rings. The molecule has 2 aromatic heterocycles. The molecule has 0 bridgehead atoms. The highest BCUT2D eigenvalue weighted by atomic mass is 32.1. The van der Waals surface area contributed by atoms with Crippen LogP contribution >= 0.6 is 23.6 Å². The number of aryl methyl sites for hydroxylation is 2. The van der Waals surface area contributed by atoms with E-state index in [1.807, 2.05) is 26.0 Å². The van der Waals surface area contributed by atoms with Crippen LogP contribution in [0.5, 0.6) is 0 Å². The van der Waals surface area contributed by atoms with E-state index in [1.165, 1.54) is 18.4 Å². The first-order chi connectivity index (χ1) is 9.99. The third kappa shape index (κ3) is 3.99. The Morgan fingerprint density at radius 3 is 2.76 bits per heavy atom. The highest BCUT2D eigenvalue weighted by molar-refractivity contribution is 7.80. The average Bonchev–Trinajstić information content (AvgIpc) is 2.78. The van der Waals surface area contributed by atoms with Crippen molar-refractivity contribution in [3.8, 4) is 0 Å². The standard InChI is InChI=1S/C14H15N3O2S2/c1-8-4-5-15-11(6-8)16-14(20)17-12-10(13(18)19-3)7-9(2)21-12/h4-7H,1-3H3,(H2,15,16,17,20). The van der Waals surface area contributed by atoms with Gasteiger partial charge in [0.1, 0.15) is 10.8 Å². The summed E-state index contributed by atoms with van der Waals surface area (Å²) in [6.07, 6.45) is 1.70. The number of rotatable bonds is 3. The summed E-state index contributed by atoms with van der Waals surface area (Å²) >= 11 is 6.69. The van der Waals surface area contributed by atoms with E-state index in [0.717, 1.165) is 10.4 Å². The molecule has 2 aromatic rings. The number of thiophene rings is 1. The fourth-order valence-corrected chi connectivity index (χ4v) is 2.90. The Hall–Kier alpha value is -1.99. The summed E-state index contributed by atoms with van der Waals surface area (Å²) in [5.74, 6) is 0.263. The highest BCUT2D eigenvalue weighted by Gasteiger charge is 2.16. The minimum Gasteiger partial charge on any atom is -0.465 e. The second-order valence-corrected chi connectivity index (χ2v) is 6.05. The summed E-state index contributed by atoms with van der Waals surface area (Å²) in [4.78, 5) is 16.9. The maximum absolute atomic E-state index is 11.7. The summed E-state index contributed by atoms with van der Waals surface area (Å²) < 4.78 is 4.76. The van der Waals surface area contributed by atoms with Gasteiger partial charge >= 0.3 is 5.97 Å². The SMILES string of the molecule is COC(=O)c1cc(C)sc1NC(=S)Nc1cc(C)ccn1. The van der Waals surface area contributed by atoms with Crippen LogP contribution < -0.4 is 10.6 Å². The fourth-order valence-electron chi connectivity index (χ4n) is 1.72. The van der Waals surface area contributed by atoms with Gasteiger partial charge in [0, 0.05) is 11.1 Å². The van der Waals surface area contributed by atoms with E-state index in [9.17, 15) is 4.79 Å². The number of nitrogens with one attached hydrogen (secondary N) is 2. The monoisotopic (exact) mass is 321 g/mol. The molecule has 0 unspecified atom stereocenters. The minimum absolute atomic E-state index is 0.375. The highest BCUT2D eigenvalue weighted by Crippen LogP contribution is 2.28. The number of anilines is 2. The van der Waals surface area contributed by atoms with Crippen molar-refractivity contribution < 1.29 is 9.53 Å². The van der Waals surface area contributed by atoms with Gasteiger partial charge in [0.15, 0.2) is 5.11 Å². The van der Waals surface area contributed by atoms with E-state index >= 15 is 0 Å². The number of esters is 1. The molecule has 2 rings (SSSR count). The van der Waals surface area contributed by atoms with E-state index in [1.54, 1.807) is 12.3 Å². The Morgan fingerprint density at radius 1 is 1.33 bits per heavy atom. The number of carbonyl (C=O) groups is 1. The Kier molecular flexibility index (Phi) is 4.87. The van der Waals surface area contributed by atoms with Crippen LogP contribution in [-0.4, -0.2) is 23.2 Å². The molecule has 21 heavy (non-hydrogen) atoms. The summed E-state index contributed by atoms with van der Waals surface area (Å²) in [6.45, 7) is 3.89. The van der Waals surface area contributed by atoms with Gasteiger partial charge in [0.05, 0.1) is 12.7 Å². The van der Waals surface area contributed by atoms with Gasteiger partial charge in [-0.1, -0.05) is 0 Å². The van der Waals surface area contributed by atoms with Gasteiger partial charge in [-0.3, -0.25) is 0 Å². The Balaban J connectivity index is 2.11. The lowest BCUT2D eigenvalue weighted by atomic mass is 10.3. The topological polar surface area (TPSA) is 63.2 Å². The van der Waals surface area contributed by atoms with Gasteiger partial charge in [-0.05, 0) is 49.8 Å². The molecule has 0 aromatic carbocycles. The van der Waals surface area contributed by atoms with Crippen molar-refractivity contribution >= 4 is 45.5 Å². The molecule has 0 saturated heterocycles. The van der Waals surface area contributed by atoms with E-state index < -0.39 is 5.97 Å². The zero-order valence-electron chi connectivity index (χ0n) is 11.9. The number of ether oxygens (including phenoxy) is 1. The second kappa shape index (κ2) is 6.64. The van der Waals surface area contributed by atoms with Crippen LogP contribution in [0.25, 0.3) is 0 Å². The van der Waals surface area contributed by atoms with Gasteiger partial charge in [0.25, 0.3) is 0 Å². The molecule has 0 amide bonds. The molecule has 5 nitrogen and oxygen atoms in total. The van der Waals surface area contributed by atoms with Gasteiger partial charge in [-0.25, -0.2) is 9.78 Å². The summed E-state index contributed by atoms with van der Waals surface area (Å²) in [7, 11) is 1.35. The van der Waals surface area contributed by atoms with Crippen molar-refractivity contribution in [3.05, 3.63) is 40.4 Å². The molecule has 0 aliphatic carbocycles. The van der Waals surface area contributed by atoms with Gasteiger partial charge < -0.3 is 15.4 Å². The van der Waals surface area contributed by atoms with Crippen LogP contribution in [0.2, 0.25) is 0 Å². The predicted molar refractivity (Wildman–Crippen MR) is 89.2 cm³/mol. The molecule has 2 heterocycles. The molecule has 0 spiro atoms. The van der Waals surface area contributed by atoms with Crippen molar-refractivity contribution in [3.63, 3.8) is 0 Å². The molecule has 0 aliphatic heterocycles. The average molecular weight is 321 g/mol. The molecular formula is C14H15N3O2S2. The first-order valence-corrected chi connectivity index (χ1v) is 7.41.